The van der Waals surface area contributed by atoms with E-state index in [1.54, 1.807) is 31.8 Å². The molecular weight excluding hydrogens is 304 g/mol. The van der Waals surface area contributed by atoms with E-state index >= 15 is 0 Å². The molecule has 3 aromatic rings. The molecule has 0 aliphatic heterocycles. The summed E-state index contributed by atoms with van der Waals surface area (Å²) >= 11 is 0. The van der Waals surface area contributed by atoms with Gasteiger partial charge in [0.05, 0.1) is 19.1 Å². The Morgan fingerprint density at radius 2 is 1.88 bits per heavy atom. The molecule has 0 aliphatic carbocycles. The van der Waals surface area contributed by atoms with Gasteiger partial charge in [-0.05, 0) is 44.2 Å². The summed E-state index contributed by atoms with van der Waals surface area (Å²) in [6, 6.07) is 10.9. The molecule has 0 fully saturated rings. The number of ether oxygens (including phenoxy) is 1. The van der Waals surface area contributed by atoms with E-state index in [0.717, 1.165) is 17.1 Å². The van der Waals surface area contributed by atoms with Crippen molar-refractivity contribution in [3.8, 4) is 11.4 Å². The zero-order chi connectivity index (χ0) is 17.1. The molecule has 1 N–H and O–H groups in total. The molecule has 122 valence electrons. The predicted molar refractivity (Wildman–Crippen MR) is 91.8 cm³/mol. The number of benzene rings is 1. The Labute approximate surface area is 140 Å². The lowest BCUT2D eigenvalue weighted by Crippen LogP contribution is -2.13. The molecule has 0 radical (unpaired) electrons. The van der Waals surface area contributed by atoms with Gasteiger partial charge in [0.1, 0.15) is 11.4 Å². The number of imidazole rings is 1. The molecule has 24 heavy (non-hydrogen) atoms. The molecule has 0 bridgehead atoms. The highest BCUT2D eigenvalue weighted by molar-refractivity contribution is 6.03. The van der Waals surface area contributed by atoms with Gasteiger partial charge in [-0.15, -0.1) is 0 Å². The van der Waals surface area contributed by atoms with Crippen molar-refractivity contribution < 1.29 is 9.53 Å². The third kappa shape index (κ3) is 3.12. The normalized spacial score (nSPS) is 10.5. The predicted octanol–water partition coefficient (Wildman–Crippen LogP) is 3.15. The minimum atomic E-state index is -0.281. The Bertz CT molecular complexity index is 869. The third-order valence-electron chi connectivity index (χ3n) is 3.85. The van der Waals surface area contributed by atoms with E-state index in [-0.39, 0.29) is 5.91 Å². The van der Waals surface area contributed by atoms with Crippen molar-refractivity contribution in [3.63, 3.8) is 0 Å². The standard InChI is InChI=1S/C18H18N4O2/c1-12-13(2)22(11-20-12)15-6-4-14(5-7-15)21-18(23)17-10-16(24-3)8-9-19-17/h4-11H,1-3H3,(H,21,23). The van der Waals surface area contributed by atoms with Crippen molar-refractivity contribution in [1.82, 2.24) is 14.5 Å². The maximum absolute atomic E-state index is 12.3. The minimum Gasteiger partial charge on any atom is -0.497 e. The van der Waals surface area contributed by atoms with Gasteiger partial charge < -0.3 is 14.6 Å². The van der Waals surface area contributed by atoms with Crippen molar-refractivity contribution >= 4 is 11.6 Å². The average Bonchev–Trinajstić information content (AvgIpc) is 2.95. The quantitative estimate of drug-likeness (QED) is 0.801. The van der Waals surface area contributed by atoms with Crippen molar-refractivity contribution in [3.05, 3.63) is 66.0 Å². The lowest BCUT2D eigenvalue weighted by Gasteiger charge is -2.09. The molecule has 6 heteroatoms. The highest BCUT2D eigenvalue weighted by Gasteiger charge is 2.09. The Kier molecular flexibility index (Phi) is 4.29. The number of carbonyl (C=O) groups excluding carboxylic acids is 1. The van der Waals surface area contributed by atoms with E-state index in [1.165, 1.54) is 0 Å². The second kappa shape index (κ2) is 6.54. The Morgan fingerprint density at radius 3 is 2.50 bits per heavy atom. The second-order valence-electron chi connectivity index (χ2n) is 5.37. The smallest absolute Gasteiger partial charge is 0.274 e. The maximum Gasteiger partial charge on any atom is 0.274 e. The van der Waals surface area contributed by atoms with E-state index in [9.17, 15) is 4.79 Å². The third-order valence-corrected chi connectivity index (χ3v) is 3.85. The molecular formula is C18H18N4O2. The van der Waals surface area contributed by atoms with E-state index in [2.05, 4.69) is 15.3 Å². The number of aryl methyl sites for hydroxylation is 1. The molecule has 0 aliphatic rings. The number of hydrogen-bond donors (Lipinski definition) is 1. The van der Waals surface area contributed by atoms with Crippen LogP contribution in [0.4, 0.5) is 5.69 Å². The number of nitrogens with one attached hydrogen (secondary N) is 1. The van der Waals surface area contributed by atoms with Crippen LogP contribution in [0.15, 0.2) is 48.9 Å². The molecule has 0 unspecified atom stereocenters. The fourth-order valence-electron chi connectivity index (χ4n) is 2.32. The van der Waals surface area contributed by atoms with Gasteiger partial charge in [-0.3, -0.25) is 9.78 Å². The van der Waals surface area contributed by atoms with Gasteiger partial charge in [0, 0.05) is 29.3 Å². The fraction of sp³-hybridized carbons (Fsp3) is 0.167. The van der Waals surface area contributed by atoms with E-state index in [4.69, 9.17) is 4.74 Å². The Hall–Kier alpha value is -3.15. The van der Waals surface area contributed by atoms with Crippen LogP contribution in [0.1, 0.15) is 21.9 Å². The van der Waals surface area contributed by atoms with Crippen LogP contribution in [-0.4, -0.2) is 27.6 Å². The summed E-state index contributed by atoms with van der Waals surface area (Å²) in [6.45, 7) is 3.99. The lowest BCUT2D eigenvalue weighted by molar-refractivity contribution is 0.102. The number of carbonyl (C=O) groups is 1. The number of methoxy groups -OCH3 is 1. The molecule has 0 atom stereocenters. The number of rotatable bonds is 4. The molecule has 2 heterocycles. The summed E-state index contributed by atoms with van der Waals surface area (Å²) in [5, 5.41) is 2.83. The molecule has 2 aromatic heterocycles. The van der Waals surface area contributed by atoms with Crippen LogP contribution >= 0.6 is 0 Å². The first kappa shape index (κ1) is 15.7. The summed E-state index contributed by atoms with van der Waals surface area (Å²) in [4.78, 5) is 20.6. The number of amides is 1. The van der Waals surface area contributed by atoms with Gasteiger partial charge >= 0.3 is 0 Å². The SMILES string of the molecule is COc1ccnc(C(=O)Nc2ccc(-n3cnc(C)c3C)cc2)c1. The van der Waals surface area contributed by atoms with E-state index in [0.29, 0.717) is 17.1 Å². The highest BCUT2D eigenvalue weighted by Crippen LogP contribution is 2.18. The molecule has 0 saturated heterocycles. The van der Waals surface area contributed by atoms with Gasteiger partial charge in [0.25, 0.3) is 5.91 Å². The molecule has 1 amide bonds. The summed E-state index contributed by atoms with van der Waals surface area (Å²) in [6.07, 6.45) is 3.33. The maximum atomic E-state index is 12.3. The van der Waals surface area contributed by atoms with Crippen LogP contribution in [-0.2, 0) is 0 Å². The molecule has 0 saturated carbocycles. The number of anilines is 1. The Balaban J connectivity index is 1.76. The fourth-order valence-corrected chi connectivity index (χ4v) is 2.32. The van der Waals surface area contributed by atoms with Crippen LogP contribution in [0.25, 0.3) is 5.69 Å². The van der Waals surface area contributed by atoms with Crippen LogP contribution in [0, 0.1) is 13.8 Å². The molecule has 3 rings (SSSR count). The highest BCUT2D eigenvalue weighted by atomic mass is 16.5. The lowest BCUT2D eigenvalue weighted by atomic mass is 10.2. The number of pyridine rings is 1. The average molecular weight is 322 g/mol. The zero-order valence-electron chi connectivity index (χ0n) is 13.8. The minimum absolute atomic E-state index is 0.281. The largest absolute Gasteiger partial charge is 0.497 e. The zero-order valence-corrected chi connectivity index (χ0v) is 13.8. The van der Waals surface area contributed by atoms with Gasteiger partial charge in [-0.2, -0.15) is 0 Å². The van der Waals surface area contributed by atoms with Crippen LogP contribution in [0.3, 0.4) is 0 Å². The first-order valence-corrected chi connectivity index (χ1v) is 7.51. The number of aromatic nitrogens is 3. The van der Waals surface area contributed by atoms with Crippen molar-refractivity contribution in [1.29, 1.82) is 0 Å². The summed E-state index contributed by atoms with van der Waals surface area (Å²) in [5.74, 6) is 0.313. The summed E-state index contributed by atoms with van der Waals surface area (Å²) < 4.78 is 7.11. The number of nitrogens with zero attached hydrogens (tertiary/aromatic N) is 3. The van der Waals surface area contributed by atoms with Crippen LogP contribution < -0.4 is 10.1 Å². The first-order valence-electron chi connectivity index (χ1n) is 7.51. The van der Waals surface area contributed by atoms with Crippen LogP contribution in [0.2, 0.25) is 0 Å². The number of hydrogen-bond acceptors (Lipinski definition) is 4. The monoisotopic (exact) mass is 322 g/mol. The molecule has 0 spiro atoms. The van der Waals surface area contributed by atoms with Gasteiger partial charge in [-0.1, -0.05) is 0 Å². The van der Waals surface area contributed by atoms with E-state index < -0.39 is 0 Å². The summed E-state index contributed by atoms with van der Waals surface area (Å²) in [5.41, 5.74) is 4.08. The Morgan fingerprint density at radius 1 is 1.12 bits per heavy atom. The van der Waals surface area contributed by atoms with Crippen LogP contribution in [0.5, 0.6) is 5.75 Å². The van der Waals surface area contributed by atoms with Gasteiger partial charge in [-0.25, -0.2) is 4.98 Å². The van der Waals surface area contributed by atoms with Crippen molar-refractivity contribution in [2.24, 2.45) is 0 Å². The first-order chi connectivity index (χ1) is 11.6. The summed E-state index contributed by atoms with van der Waals surface area (Å²) in [7, 11) is 1.55. The molecule has 6 nitrogen and oxygen atoms in total. The molecule has 1 aromatic carbocycles. The van der Waals surface area contributed by atoms with Crippen molar-refractivity contribution in [2.75, 3.05) is 12.4 Å². The van der Waals surface area contributed by atoms with E-state index in [1.807, 2.05) is 42.7 Å². The van der Waals surface area contributed by atoms with Gasteiger partial charge in [0.2, 0.25) is 0 Å². The second-order valence-corrected chi connectivity index (χ2v) is 5.37. The topological polar surface area (TPSA) is 69.0 Å². The van der Waals surface area contributed by atoms with Gasteiger partial charge in [0.15, 0.2) is 0 Å². The van der Waals surface area contributed by atoms with Crippen molar-refractivity contribution in [2.45, 2.75) is 13.8 Å².